The fourth-order valence-electron chi connectivity index (χ4n) is 3.18. The molecule has 0 amide bonds. The summed E-state index contributed by atoms with van der Waals surface area (Å²) in [5.41, 5.74) is 0.783. The van der Waals surface area contributed by atoms with Crippen LogP contribution in [0, 0.1) is 5.92 Å². The monoisotopic (exact) mass is 386 g/mol. The Balaban J connectivity index is 1.48. The lowest BCUT2D eigenvalue weighted by Crippen LogP contribution is -2.23. The predicted molar refractivity (Wildman–Crippen MR) is 96.8 cm³/mol. The third-order valence-electron chi connectivity index (χ3n) is 4.76. The number of tetrazole rings is 2. The van der Waals surface area contributed by atoms with E-state index in [9.17, 15) is 0 Å². The predicted octanol–water partition coefficient (Wildman–Crippen LogP) is 0.819. The molecule has 3 heterocycles. The first kappa shape index (κ1) is 18.3. The average molecular weight is 386 g/mol. The van der Waals surface area contributed by atoms with Crippen LogP contribution in [0.5, 0.6) is 11.5 Å². The fourth-order valence-corrected chi connectivity index (χ4v) is 3.18. The van der Waals surface area contributed by atoms with Crippen molar-refractivity contribution in [3.05, 3.63) is 24.0 Å². The number of methoxy groups -OCH3 is 2. The first-order valence-corrected chi connectivity index (χ1v) is 9.10. The van der Waals surface area contributed by atoms with Crippen LogP contribution in [0.1, 0.15) is 18.7 Å². The van der Waals surface area contributed by atoms with Gasteiger partial charge in [0.05, 0.1) is 14.2 Å². The highest BCUT2D eigenvalue weighted by Crippen LogP contribution is 2.30. The molecule has 0 atom stereocenters. The molecule has 1 aromatic carbocycles. The molecule has 2 aromatic heterocycles. The molecule has 0 radical (unpaired) electrons. The molecule has 11 nitrogen and oxygen atoms in total. The topological polar surface area (TPSA) is 115 Å². The van der Waals surface area contributed by atoms with Gasteiger partial charge in [-0.1, -0.05) is 0 Å². The Morgan fingerprint density at radius 2 is 1.89 bits per heavy atom. The molecular formula is C17H22N8O3. The summed E-state index contributed by atoms with van der Waals surface area (Å²) in [6.45, 7) is 2.70. The highest BCUT2D eigenvalue weighted by molar-refractivity contribution is 5.60. The Morgan fingerprint density at radius 3 is 2.68 bits per heavy atom. The van der Waals surface area contributed by atoms with Crippen molar-refractivity contribution in [2.45, 2.75) is 25.9 Å². The van der Waals surface area contributed by atoms with E-state index in [2.05, 4.69) is 30.9 Å². The maximum absolute atomic E-state index is 5.41. The number of aromatic nitrogens is 8. The second-order valence-corrected chi connectivity index (χ2v) is 6.55. The fraction of sp³-hybridized carbons (Fsp3) is 0.529. The molecule has 3 aromatic rings. The quantitative estimate of drug-likeness (QED) is 0.582. The van der Waals surface area contributed by atoms with E-state index in [1.165, 1.54) is 4.80 Å². The second-order valence-electron chi connectivity index (χ2n) is 6.55. The van der Waals surface area contributed by atoms with Crippen LogP contribution in [0.3, 0.4) is 0 Å². The molecule has 0 N–H and O–H groups in total. The zero-order valence-corrected chi connectivity index (χ0v) is 15.9. The maximum atomic E-state index is 5.41. The van der Waals surface area contributed by atoms with E-state index in [-0.39, 0.29) is 0 Å². The van der Waals surface area contributed by atoms with Crippen molar-refractivity contribution in [2.75, 3.05) is 27.4 Å². The normalized spacial score (nSPS) is 14.9. The summed E-state index contributed by atoms with van der Waals surface area (Å²) in [6.07, 6.45) is 2.04. The van der Waals surface area contributed by atoms with E-state index >= 15 is 0 Å². The van der Waals surface area contributed by atoms with Crippen LogP contribution in [0.4, 0.5) is 0 Å². The Morgan fingerprint density at radius 1 is 1.07 bits per heavy atom. The Labute approximate surface area is 161 Å². The van der Waals surface area contributed by atoms with Gasteiger partial charge in [-0.3, -0.25) is 0 Å². The summed E-state index contributed by atoms with van der Waals surface area (Å²) in [4.78, 5) is 1.48. The van der Waals surface area contributed by atoms with Crippen molar-refractivity contribution >= 4 is 0 Å². The standard InChI is InChI=1S/C17H22N8O3/c1-26-14-4-3-13(9-15(14)27-2)17-19-22-25(20-17)11-16-18-21-23-24(16)10-12-5-7-28-8-6-12/h3-4,9,12H,5-8,10-11H2,1-2H3. The molecule has 1 saturated heterocycles. The average Bonchev–Trinajstić information content (AvgIpc) is 3.38. The number of hydrogen-bond donors (Lipinski definition) is 0. The number of hydrogen-bond acceptors (Lipinski definition) is 9. The van der Waals surface area contributed by atoms with Crippen molar-refractivity contribution in [1.82, 2.24) is 40.4 Å². The van der Waals surface area contributed by atoms with Crippen LogP contribution < -0.4 is 9.47 Å². The first-order chi connectivity index (χ1) is 13.8. The molecule has 0 aliphatic carbocycles. The van der Waals surface area contributed by atoms with E-state index in [0.29, 0.717) is 35.6 Å². The van der Waals surface area contributed by atoms with Gasteiger partial charge in [-0.2, -0.15) is 4.80 Å². The zero-order chi connectivity index (χ0) is 19.3. The third-order valence-corrected chi connectivity index (χ3v) is 4.76. The number of benzene rings is 1. The molecule has 148 valence electrons. The lowest BCUT2D eigenvalue weighted by atomic mass is 10.0. The molecule has 0 saturated carbocycles. The lowest BCUT2D eigenvalue weighted by molar-refractivity contribution is 0.0596. The number of rotatable bonds is 7. The van der Waals surface area contributed by atoms with Crippen molar-refractivity contribution in [1.29, 1.82) is 0 Å². The van der Waals surface area contributed by atoms with Gasteiger partial charge in [-0.15, -0.1) is 15.3 Å². The summed E-state index contributed by atoms with van der Waals surface area (Å²) < 4.78 is 17.8. The van der Waals surface area contributed by atoms with Gasteiger partial charge in [0, 0.05) is 25.3 Å². The van der Waals surface area contributed by atoms with E-state index in [4.69, 9.17) is 14.2 Å². The van der Waals surface area contributed by atoms with Crippen LogP contribution >= 0.6 is 0 Å². The van der Waals surface area contributed by atoms with Gasteiger partial charge in [0.1, 0.15) is 6.54 Å². The molecule has 1 aliphatic heterocycles. The number of nitrogens with zero attached hydrogens (tertiary/aromatic N) is 8. The van der Waals surface area contributed by atoms with Crippen LogP contribution in [0.25, 0.3) is 11.4 Å². The van der Waals surface area contributed by atoms with Crippen LogP contribution in [-0.4, -0.2) is 67.8 Å². The summed E-state index contributed by atoms with van der Waals surface area (Å²) in [5.74, 6) is 2.96. The van der Waals surface area contributed by atoms with Crippen LogP contribution in [-0.2, 0) is 17.8 Å². The minimum atomic E-state index is 0.344. The van der Waals surface area contributed by atoms with Gasteiger partial charge >= 0.3 is 0 Å². The molecule has 11 heteroatoms. The van der Waals surface area contributed by atoms with Crippen molar-refractivity contribution in [3.8, 4) is 22.9 Å². The minimum Gasteiger partial charge on any atom is -0.493 e. The van der Waals surface area contributed by atoms with Gasteiger partial charge in [0.25, 0.3) is 0 Å². The van der Waals surface area contributed by atoms with Gasteiger partial charge in [-0.05, 0) is 52.6 Å². The smallest absolute Gasteiger partial charge is 0.205 e. The molecule has 0 bridgehead atoms. The molecular weight excluding hydrogens is 364 g/mol. The zero-order valence-electron chi connectivity index (χ0n) is 15.9. The second kappa shape index (κ2) is 8.30. The van der Waals surface area contributed by atoms with Crippen molar-refractivity contribution in [2.24, 2.45) is 5.92 Å². The van der Waals surface area contributed by atoms with E-state index < -0.39 is 0 Å². The SMILES string of the molecule is COc1ccc(-c2nnn(Cc3nnnn3CC3CCOCC3)n2)cc1OC. The first-order valence-electron chi connectivity index (χ1n) is 9.10. The van der Waals surface area contributed by atoms with E-state index in [1.54, 1.807) is 14.2 Å². The van der Waals surface area contributed by atoms with E-state index in [0.717, 1.165) is 38.2 Å². The third kappa shape index (κ3) is 3.93. The minimum absolute atomic E-state index is 0.344. The van der Waals surface area contributed by atoms with Crippen molar-refractivity contribution in [3.63, 3.8) is 0 Å². The molecule has 28 heavy (non-hydrogen) atoms. The van der Waals surface area contributed by atoms with Gasteiger partial charge < -0.3 is 14.2 Å². The van der Waals surface area contributed by atoms with Crippen LogP contribution in [0.2, 0.25) is 0 Å². The number of ether oxygens (including phenoxy) is 3. The van der Waals surface area contributed by atoms with E-state index in [1.807, 2.05) is 22.9 Å². The lowest BCUT2D eigenvalue weighted by Gasteiger charge is -2.21. The molecule has 0 spiro atoms. The van der Waals surface area contributed by atoms with Crippen LogP contribution in [0.15, 0.2) is 18.2 Å². The summed E-state index contributed by atoms with van der Waals surface area (Å²) >= 11 is 0. The highest BCUT2D eigenvalue weighted by Gasteiger charge is 2.18. The summed E-state index contributed by atoms with van der Waals surface area (Å²) in [6, 6.07) is 5.48. The van der Waals surface area contributed by atoms with Crippen molar-refractivity contribution < 1.29 is 14.2 Å². The molecule has 1 aliphatic rings. The Kier molecular flexibility index (Phi) is 5.42. The largest absolute Gasteiger partial charge is 0.493 e. The molecule has 1 fully saturated rings. The summed E-state index contributed by atoms with van der Waals surface area (Å²) in [5, 5.41) is 24.7. The Bertz CT molecular complexity index is 919. The van der Waals surface area contributed by atoms with Gasteiger partial charge in [0.2, 0.25) is 5.82 Å². The Hall–Kier alpha value is -3.08. The molecule has 0 unspecified atom stereocenters. The highest BCUT2D eigenvalue weighted by atomic mass is 16.5. The van der Waals surface area contributed by atoms with Gasteiger partial charge in [0.15, 0.2) is 17.3 Å². The maximum Gasteiger partial charge on any atom is 0.205 e. The van der Waals surface area contributed by atoms with Gasteiger partial charge in [-0.25, -0.2) is 4.68 Å². The molecule has 4 rings (SSSR count). The summed E-state index contributed by atoms with van der Waals surface area (Å²) in [7, 11) is 3.18.